The number of para-hydroxylation sites is 1. The Labute approximate surface area is 111 Å². The van der Waals surface area contributed by atoms with Gasteiger partial charge in [-0.25, -0.2) is 4.39 Å². The molecule has 0 aliphatic carbocycles. The van der Waals surface area contributed by atoms with Crippen LogP contribution in [0.4, 0.5) is 4.39 Å². The van der Waals surface area contributed by atoms with Crippen molar-refractivity contribution >= 4 is 0 Å². The maximum absolute atomic E-state index is 13.1. The van der Waals surface area contributed by atoms with E-state index in [2.05, 4.69) is 0 Å². The molecule has 1 aliphatic rings. The van der Waals surface area contributed by atoms with Crippen molar-refractivity contribution in [3.8, 4) is 5.75 Å². The van der Waals surface area contributed by atoms with E-state index in [-0.39, 0.29) is 5.82 Å². The zero-order valence-electron chi connectivity index (χ0n) is 10.5. The van der Waals surface area contributed by atoms with Crippen molar-refractivity contribution < 1.29 is 14.2 Å². The minimum atomic E-state index is -0.671. The van der Waals surface area contributed by atoms with E-state index in [1.165, 1.54) is 12.1 Å². The summed E-state index contributed by atoms with van der Waals surface area (Å²) in [6.07, 6.45) is 0.600. The topological polar surface area (TPSA) is 29.5 Å². The number of ether oxygens (including phenoxy) is 1. The standard InChI is InChI=1S/C16H15FO2/c17-13-5-1-3-11(9-13)10-15(18)14-6-2-4-12-7-8-19-16(12)14/h1-6,9,15,18H,7-8,10H2. The van der Waals surface area contributed by atoms with Gasteiger partial charge in [-0.3, -0.25) is 0 Å². The van der Waals surface area contributed by atoms with Crippen molar-refractivity contribution in [3.63, 3.8) is 0 Å². The second-order valence-corrected chi connectivity index (χ2v) is 4.78. The molecular formula is C16H15FO2. The van der Waals surface area contributed by atoms with Crippen LogP contribution in [0.3, 0.4) is 0 Å². The summed E-state index contributed by atoms with van der Waals surface area (Å²) in [5, 5.41) is 10.3. The molecule has 19 heavy (non-hydrogen) atoms. The van der Waals surface area contributed by atoms with Gasteiger partial charge in [0.15, 0.2) is 0 Å². The van der Waals surface area contributed by atoms with E-state index in [1.807, 2.05) is 24.3 Å². The molecule has 1 heterocycles. The molecule has 0 spiro atoms. The van der Waals surface area contributed by atoms with E-state index in [1.54, 1.807) is 6.07 Å². The molecular weight excluding hydrogens is 243 g/mol. The lowest BCUT2D eigenvalue weighted by molar-refractivity contribution is 0.173. The van der Waals surface area contributed by atoms with Crippen molar-refractivity contribution in [2.24, 2.45) is 0 Å². The molecule has 2 nitrogen and oxygen atoms in total. The number of halogens is 1. The van der Waals surface area contributed by atoms with Gasteiger partial charge in [0.2, 0.25) is 0 Å². The molecule has 0 radical (unpaired) electrons. The van der Waals surface area contributed by atoms with E-state index in [0.717, 1.165) is 28.9 Å². The Kier molecular flexibility index (Phi) is 3.22. The summed E-state index contributed by atoms with van der Waals surface area (Å²) in [5.74, 6) is 0.519. The van der Waals surface area contributed by atoms with Gasteiger partial charge in [-0.15, -0.1) is 0 Å². The maximum Gasteiger partial charge on any atom is 0.128 e. The number of hydrogen-bond acceptors (Lipinski definition) is 2. The molecule has 3 rings (SSSR count). The predicted octanol–water partition coefficient (Wildman–Crippen LogP) is 3.04. The van der Waals surface area contributed by atoms with Crippen molar-refractivity contribution in [2.45, 2.75) is 18.9 Å². The van der Waals surface area contributed by atoms with E-state index in [0.29, 0.717) is 13.0 Å². The molecule has 0 bridgehead atoms. The second-order valence-electron chi connectivity index (χ2n) is 4.78. The van der Waals surface area contributed by atoms with E-state index < -0.39 is 6.10 Å². The van der Waals surface area contributed by atoms with Crippen molar-refractivity contribution in [1.82, 2.24) is 0 Å². The smallest absolute Gasteiger partial charge is 0.128 e. The Morgan fingerprint density at radius 2 is 2.05 bits per heavy atom. The highest BCUT2D eigenvalue weighted by atomic mass is 19.1. The lowest BCUT2D eigenvalue weighted by Crippen LogP contribution is -2.04. The number of fused-ring (bicyclic) bond motifs is 1. The third-order valence-corrected chi connectivity index (χ3v) is 3.42. The van der Waals surface area contributed by atoms with Gasteiger partial charge in [-0.1, -0.05) is 30.3 Å². The highest BCUT2D eigenvalue weighted by Gasteiger charge is 2.20. The van der Waals surface area contributed by atoms with Gasteiger partial charge in [0.1, 0.15) is 11.6 Å². The molecule has 0 fully saturated rings. The van der Waals surface area contributed by atoms with E-state index in [9.17, 15) is 9.50 Å². The maximum atomic E-state index is 13.1. The van der Waals surface area contributed by atoms with Crippen molar-refractivity contribution in [3.05, 3.63) is 65.0 Å². The summed E-state index contributed by atoms with van der Waals surface area (Å²) in [5.41, 5.74) is 2.71. The predicted molar refractivity (Wildman–Crippen MR) is 70.7 cm³/mol. The highest BCUT2D eigenvalue weighted by Crippen LogP contribution is 2.34. The number of aliphatic hydroxyl groups excluding tert-OH is 1. The summed E-state index contributed by atoms with van der Waals surface area (Å²) < 4.78 is 18.7. The average Bonchev–Trinajstić information content (AvgIpc) is 2.86. The lowest BCUT2D eigenvalue weighted by atomic mass is 9.98. The number of rotatable bonds is 3. The Balaban J connectivity index is 1.85. The Hall–Kier alpha value is -1.87. The second kappa shape index (κ2) is 5.02. The van der Waals surface area contributed by atoms with E-state index in [4.69, 9.17) is 4.74 Å². The summed E-state index contributed by atoms with van der Waals surface area (Å²) in [6, 6.07) is 12.1. The lowest BCUT2D eigenvalue weighted by Gasteiger charge is -2.14. The van der Waals surface area contributed by atoms with Crippen LogP contribution in [-0.2, 0) is 12.8 Å². The van der Waals surface area contributed by atoms with Crippen LogP contribution >= 0.6 is 0 Å². The molecule has 98 valence electrons. The van der Waals surface area contributed by atoms with Gasteiger partial charge in [0.25, 0.3) is 0 Å². The number of aliphatic hydroxyl groups is 1. The van der Waals surface area contributed by atoms with Gasteiger partial charge >= 0.3 is 0 Å². The van der Waals surface area contributed by atoms with Gasteiger partial charge < -0.3 is 9.84 Å². The van der Waals surface area contributed by atoms with Crippen LogP contribution in [0.2, 0.25) is 0 Å². The summed E-state index contributed by atoms with van der Waals surface area (Å²) in [7, 11) is 0. The first-order valence-corrected chi connectivity index (χ1v) is 6.41. The molecule has 0 saturated heterocycles. The molecule has 1 atom stereocenters. The molecule has 1 unspecified atom stereocenters. The minimum absolute atomic E-state index is 0.278. The molecule has 3 heteroatoms. The molecule has 0 saturated carbocycles. The highest BCUT2D eigenvalue weighted by molar-refractivity contribution is 5.45. The van der Waals surface area contributed by atoms with E-state index >= 15 is 0 Å². The zero-order valence-corrected chi connectivity index (χ0v) is 10.5. The molecule has 2 aromatic rings. The first-order valence-electron chi connectivity index (χ1n) is 6.41. The van der Waals surface area contributed by atoms with Crippen LogP contribution in [0.5, 0.6) is 5.75 Å². The fraction of sp³-hybridized carbons (Fsp3) is 0.250. The first kappa shape index (κ1) is 12.2. The van der Waals surface area contributed by atoms with Gasteiger partial charge in [-0.05, 0) is 23.3 Å². The molecule has 0 aromatic heterocycles. The fourth-order valence-corrected chi connectivity index (χ4v) is 2.50. The van der Waals surface area contributed by atoms with Crippen molar-refractivity contribution in [2.75, 3.05) is 6.61 Å². The number of benzene rings is 2. The summed E-state index contributed by atoms with van der Waals surface area (Å²) in [6.45, 7) is 0.666. The Bertz CT molecular complexity index is 595. The van der Waals surface area contributed by atoms with Crippen LogP contribution in [0.1, 0.15) is 22.8 Å². The Morgan fingerprint density at radius 1 is 1.21 bits per heavy atom. The van der Waals surface area contributed by atoms with Gasteiger partial charge in [0.05, 0.1) is 12.7 Å². The van der Waals surface area contributed by atoms with Crippen molar-refractivity contribution in [1.29, 1.82) is 0 Å². The fourth-order valence-electron chi connectivity index (χ4n) is 2.50. The SMILES string of the molecule is OC(Cc1cccc(F)c1)c1cccc2c1OCC2. The molecule has 1 N–H and O–H groups in total. The van der Waals surface area contributed by atoms with Gasteiger partial charge in [-0.2, -0.15) is 0 Å². The third-order valence-electron chi connectivity index (χ3n) is 3.42. The van der Waals surface area contributed by atoms with Crippen LogP contribution in [-0.4, -0.2) is 11.7 Å². The average molecular weight is 258 g/mol. The normalized spacial score (nSPS) is 14.8. The largest absolute Gasteiger partial charge is 0.493 e. The zero-order chi connectivity index (χ0) is 13.2. The monoisotopic (exact) mass is 258 g/mol. The van der Waals surface area contributed by atoms with Crippen LogP contribution < -0.4 is 4.74 Å². The molecule has 0 amide bonds. The van der Waals surface area contributed by atoms with Crippen LogP contribution in [0.25, 0.3) is 0 Å². The van der Waals surface area contributed by atoms with Gasteiger partial charge in [0, 0.05) is 18.4 Å². The number of hydrogen-bond donors (Lipinski definition) is 1. The summed E-state index contributed by atoms with van der Waals surface area (Å²) in [4.78, 5) is 0. The molecule has 1 aliphatic heterocycles. The first-order chi connectivity index (χ1) is 9.24. The van der Waals surface area contributed by atoms with Crippen LogP contribution in [0.15, 0.2) is 42.5 Å². The quantitative estimate of drug-likeness (QED) is 0.917. The third kappa shape index (κ3) is 2.47. The Morgan fingerprint density at radius 3 is 2.89 bits per heavy atom. The minimum Gasteiger partial charge on any atom is -0.493 e. The molecule has 2 aromatic carbocycles. The van der Waals surface area contributed by atoms with Crippen LogP contribution in [0, 0.1) is 5.82 Å². The summed E-state index contributed by atoms with van der Waals surface area (Å²) >= 11 is 0.